The zero-order chi connectivity index (χ0) is 20.5. The van der Waals surface area contributed by atoms with E-state index >= 15 is 0 Å². The number of rotatable bonds is 6. The molecule has 0 bridgehead atoms. The molecule has 0 radical (unpaired) electrons. The molecule has 1 aliphatic rings. The normalized spacial score (nSPS) is 24.4. The first-order valence-corrected chi connectivity index (χ1v) is 13.3. The van der Waals surface area contributed by atoms with E-state index < -0.39 is 25.1 Å². The summed E-state index contributed by atoms with van der Waals surface area (Å²) >= 11 is 0. The van der Waals surface area contributed by atoms with Crippen molar-refractivity contribution in [2.75, 3.05) is 6.61 Å². The Bertz CT molecular complexity index is 695. The molecule has 0 N–H and O–H groups in total. The zero-order valence-corrected chi connectivity index (χ0v) is 19.6. The predicted molar refractivity (Wildman–Crippen MR) is 113 cm³/mol. The summed E-state index contributed by atoms with van der Waals surface area (Å²) in [6.45, 7) is 17.2. The summed E-state index contributed by atoms with van der Waals surface area (Å²) in [5, 5.41) is 0.124. The lowest BCUT2D eigenvalue weighted by atomic mass is 10.2. The summed E-state index contributed by atoms with van der Waals surface area (Å²) in [4.78, 5) is 0.670. The van der Waals surface area contributed by atoms with E-state index in [4.69, 9.17) is 13.9 Å². The van der Waals surface area contributed by atoms with Gasteiger partial charge in [0.15, 0.2) is 25.1 Å². The van der Waals surface area contributed by atoms with Gasteiger partial charge < -0.3 is 13.9 Å². The van der Waals surface area contributed by atoms with Crippen molar-refractivity contribution in [3.8, 4) is 0 Å². The lowest BCUT2D eigenvalue weighted by Crippen LogP contribution is -2.44. The maximum absolute atomic E-state index is 12.4. The van der Waals surface area contributed by atoms with Crippen LogP contribution in [0.3, 0.4) is 0 Å². The fourth-order valence-electron chi connectivity index (χ4n) is 2.46. The molecule has 0 aromatic heterocycles. The van der Waals surface area contributed by atoms with Crippen LogP contribution in [0.15, 0.2) is 33.6 Å². The highest BCUT2D eigenvalue weighted by molar-refractivity contribution is 7.83. The molecule has 0 amide bonds. The first kappa shape index (κ1) is 22.4. The Hall–Kier alpha value is -0.863. The first-order valence-electron chi connectivity index (χ1n) is 9.33. The van der Waals surface area contributed by atoms with Crippen molar-refractivity contribution in [2.45, 2.75) is 82.6 Å². The highest BCUT2D eigenvalue weighted by Gasteiger charge is 2.43. The molecule has 0 saturated carbocycles. The summed E-state index contributed by atoms with van der Waals surface area (Å²) in [6, 6.07) is 7.52. The molecule has 152 valence electrons. The molecule has 5 nitrogen and oxygen atoms in total. The highest BCUT2D eigenvalue weighted by Crippen LogP contribution is 2.37. The maximum Gasteiger partial charge on any atom is 0.192 e. The van der Waals surface area contributed by atoms with E-state index in [0.717, 1.165) is 5.56 Å². The second-order valence-corrected chi connectivity index (χ2v) is 15.0. The Morgan fingerprint density at radius 1 is 1.22 bits per heavy atom. The van der Waals surface area contributed by atoms with Crippen LogP contribution in [-0.2, 0) is 24.9 Å². The van der Waals surface area contributed by atoms with Crippen molar-refractivity contribution < 1.29 is 18.1 Å². The summed E-state index contributed by atoms with van der Waals surface area (Å²) < 4.78 is 34.9. The Labute approximate surface area is 167 Å². The Balaban J connectivity index is 2.06. The number of hydrogen-bond acceptors (Lipinski definition) is 4. The summed E-state index contributed by atoms with van der Waals surface area (Å²) in [5.74, 6) is -0.719. The molecule has 1 saturated heterocycles. The van der Waals surface area contributed by atoms with Gasteiger partial charge in [0.2, 0.25) is 0 Å². The fourth-order valence-corrected chi connectivity index (χ4v) is 4.19. The van der Waals surface area contributed by atoms with Gasteiger partial charge in [-0.1, -0.05) is 38.5 Å². The van der Waals surface area contributed by atoms with E-state index in [-0.39, 0.29) is 17.2 Å². The third kappa shape index (κ3) is 6.06. The van der Waals surface area contributed by atoms with Crippen molar-refractivity contribution in [1.82, 2.24) is 0 Å². The van der Waals surface area contributed by atoms with Gasteiger partial charge in [-0.15, -0.1) is 0 Å². The van der Waals surface area contributed by atoms with E-state index in [1.165, 1.54) is 0 Å². The summed E-state index contributed by atoms with van der Waals surface area (Å²) in [6.07, 6.45) is 0.941. The van der Waals surface area contributed by atoms with Crippen LogP contribution in [0.4, 0.5) is 0 Å². The average Bonchev–Trinajstić information content (AvgIpc) is 2.84. The third-order valence-corrected chi connectivity index (χ3v) is 10.7. The molecule has 0 aliphatic carbocycles. The number of hydrogen-bond donors (Lipinski definition) is 0. The molecule has 1 fully saturated rings. The van der Waals surface area contributed by atoms with E-state index in [9.17, 15) is 4.21 Å². The van der Waals surface area contributed by atoms with Crippen LogP contribution in [0.5, 0.6) is 0 Å². The van der Waals surface area contributed by atoms with Crippen molar-refractivity contribution in [3.05, 3.63) is 29.8 Å². The van der Waals surface area contributed by atoms with Crippen LogP contribution in [-0.4, -0.2) is 43.3 Å². The fraction of sp³-hybridized carbons (Fsp3) is 0.650. The predicted octanol–water partition coefficient (Wildman–Crippen LogP) is 4.63. The Morgan fingerprint density at radius 2 is 1.81 bits per heavy atom. The molecular formula is C20H33NO4SSi. The van der Waals surface area contributed by atoms with E-state index in [1.54, 1.807) is 6.21 Å². The number of aryl methyl sites for hydroxylation is 1. The molecule has 0 spiro atoms. The van der Waals surface area contributed by atoms with Gasteiger partial charge in [0.1, 0.15) is 12.2 Å². The minimum absolute atomic E-state index is 0.124. The SMILES string of the molecule is Cc1ccc(S(=O)/N=C/[C@@H]2OC(C)(C)O[C@H]2CO[Si](C)(C)C(C)(C)C)cc1. The standard InChI is InChI=1S/C20H33NO4SSi/c1-15-9-11-16(12-10-15)26(22)21-13-17-18(25-20(5,6)24-17)14-23-27(7,8)19(2,3)4/h9-13,17-18H,14H2,1-8H3/b21-13+/t17-,18-,26?/m0/s1. The van der Waals surface area contributed by atoms with E-state index in [0.29, 0.717) is 11.5 Å². The Morgan fingerprint density at radius 3 is 2.37 bits per heavy atom. The quantitative estimate of drug-likeness (QED) is 0.506. The van der Waals surface area contributed by atoms with E-state index in [2.05, 4.69) is 38.3 Å². The second kappa shape index (κ2) is 8.25. The number of ether oxygens (including phenoxy) is 2. The molecule has 1 aliphatic heterocycles. The van der Waals surface area contributed by atoms with Crippen molar-refractivity contribution >= 4 is 25.5 Å². The van der Waals surface area contributed by atoms with Gasteiger partial charge in [-0.05, 0) is 51.0 Å². The van der Waals surface area contributed by atoms with Crippen LogP contribution in [0.2, 0.25) is 18.1 Å². The van der Waals surface area contributed by atoms with Crippen molar-refractivity contribution in [2.24, 2.45) is 4.40 Å². The monoisotopic (exact) mass is 411 g/mol. The van der Waals surface area contributed by atoms with Gasteiger partial charge in [-0.2, -0.15) is 4.40 Å². The zero-order valence-electron chi connectivity index (χ0n) is 17.7. The molecule has 1 unspecified atom stereocenters. The summed E-state index contributed by atoms with van der Waals surface area (Å²) in [7, 11) is -3.35. The molecule has 7 heteroatoms. The second-order valence-electron chi connectivity index (χ2n) is 9.03. The number of benzene rings is 1. The number of nitrogens with zero attached hydrogens (tertiary/aromatic N) is 1. The van der Waals surface area contributed by atoms with Gasteiger partial charge in [-0.3, -0.25) is 0 Å². The van der Waals surface area contributed by atoms with Gasteiger partial charge >= 0.3 is 0 Å². The first-order chi connectivity index (χ1) is 12.3. The van der Waals surface area contributed by atoms with Crippen LogP contribution < -0.4 is 0 Å². The van der Waals surface area contributed by atoms with Crippen LogP contribution in [0.1, 0.15) is 40.2 Å². The lowest BCUT2D eigenvalue weighted by molar-refractivity contribution is -0.144. The van der Waals surface area contributed by atoms with Gasteiger partial charge in [0.05, 0.1) is 11.5 Å². The average molecular weight is 412 g/mol. The van der Waals surface area contributed by atoms with Crippen molar-refractivity contribution in [3.63, 3.8) is 0 Å². The van der Waals surface area contributed by atoms with Gasteiger partial charge in [-0.25, -0.2) is 4.21 Å². The minimum Gasteiger partial charge on any atom is -0.414 e. The van der Waals surface area contributed by atoms with Gasteiger partial charge in [0, 0.05) is 6.21 Å². The molecule has 1 aromatic carbocycles. The molecule has 1 heterocycles. The van der Waals surface area contributed by atoms with E-state index in [1.807, 2.05) is 45.0 Å². The molecular weight excluding hydrogens is 378 g/mol. The summed E-state index contributed by atoms with van der Waals surface area (Å²) in [5.41, 5.74) is 1.12. The van der Waals surface area contributed by atoms with Crippen LogP contribution in [0.25, 0.3) is 0 Å². The minimum atomic E-state index is -1.89. The largest absolute Gasteiger partial charge is 0.414 e. The van der Waals surface area contributed by atoms with Crippen LogP contribution in [0, 0.1) is 6.92 Å². The van der Waals surface area contributed by atoms with Gasteiger partial charge in [0.25, 0.3) is 0 Å². The molecule has 27 heavy (non-hydrogen) atoms. The van der Waals surface area contributed by atoms with Crippen molar-refractivity contribution in [1.29, 1.82) is 0 Å². The lowest BCUT2D eigenvalue weighted by Gasteiger charge is -2.37. The maximum atomic E-state index is 12.4. The molecule has 1 aromatic rings. The molecule has 2 rings (SSSR count). The third-order valence-electron chi connectivity index (χ3n) is 5.16. The Kier molecular flexibility index (Phi) is 6.85. The smallest absolute Gasteiger partial charge is 0.192 e. The highest BCUT2D eigenvalue weighted by atomic mass is 32.2. The molecule has 3 atom stereocenters. The topological polar surface area (TPSA) is 57.1 Å². The van der Waals surface area contributed by atoms with Crippen LogP contribution >= 0.6 is 0 Å².